The lowest BCUT2D eigenvalue weighted by molar-refractivity contribution is 0.319. The Morgan fingerprint density at radius 1 is 1.38 bits per heavy atom. The quantitative estimate of drug-likeness (QED) is 0.330. The molecule has 0 atom stereocenters. The average molecular weight is 219 g/mol. The van der Waals surface area contributed by atoms with E-state index in [0.717, 1.165) is 0 Å². The Kier molecular flexibility index (Phi) is 3.01. The molecule has 0 aromatic heterocycles. The van der Waals surface area contributed by atoms with Gasteiger partial charge in [0, 0.05) is 5.56 Å². The van der Waals surface area contributed by atoms with Gasteiger partial charge in [-0.1, -0.05) is 28.4 Å². The highest BCUT2D eigenvalue weighted by atomic mass is 35.5. The van der Waals surface area contributed by atoms with Crippen LogP contribution in [0.15, 0.2) is 17.3 Å². The van der Waals surface area contributed by atoms with E-state index in [9.17, 15) is 0 Å². The lowest BCUT2D eigenvalue weighted by atomic mass is 10.1. The molecule has 0 saturated heterocycles. The predicted molar refractivity (Wildman–Crippen MR) is 54.9 cm³/mol. The molecule has 0 aliphatic heterocycles. The van der Waals surface area contributed by atoms with E-state index < -0.39 is 0 Å². The fourth-order valence-corrected chi connectivity index (χ4v) is 1.42. The second-order valence-electron chi connectivity index (χ2n) is 2.54. The van der Waals surface area contributed by atoms with E-state index in [1.165, 1.54) is 6.07 Å². The Hall–Kier alpha value is -0.930. The number of benzene rings is 1. The average Bonchev–Trinajstić information content (AvgIpc) is 2.10. The number of anilines is 1. The number of hydrogen-bond donors (Lipinski definition) is 2. The predicted octanol–water partition coefficient (Wildman–Crippen LogP) is 2.77. The summed E-state index contributed by atoms with van der Waals surface area (Å²) in [7, 11) is 0. The Bertz CT molecular complexity index is 363. The zero-order valence-electron chi connectivity index (χ0n) is 6.88. The molecule has 0 aliphatic carbocycles. The fourth-order valence-electron chi connectivity index (χ4n) is 0.897. The third-order valence-electron chi connectivity index (χ3n) is 1.63. The summed E-state index contributed by atoms with van der Waals surface area (Å²) < 4.78 is 0. The number of rotatable bonds is 1. The van der Waals surface area contributed by atoms with Gasteiger partial charge in [-0.25, -0.2) is 0 Å². The van der Waals surface area contributed by atoms with Crippen molar-refractivity contribution in [2.24, 2.45) is 5.16 Å². The van der Waals surface area contributed by atoms with Crippen LogP contribution < -0.4 is 5.73 Å². The van der Waals surface area contributed by atoms with E-state index in [1.54, 1.807) is 13.0 Å². The Morgan fingerprint density at radius 3 is 2.54 bits per heavy atom. The molecule has 3 N–H and O–H groups in total. The molecule has 0 heterocycles. The minimum absolute atomic E-state index is 0.388. The van der Waals surface area contributed by atoms with Crippen molar-refractivity contribution in [2.45, 2.75) is 6.92 Å². The monoisotopic (exact) mass is 218 g/mol. The van der Waals surface area contributed by atoms with Gasteiger partial charge in [-0.2, -0.15) is 0 Å². The summed E-state index contributed by atoms with van der Waals surface area (Å²) >= 11 is 11.6. The summed E-state index contributed by atoms with van der Waals surface area (Å²) in [6.07, 6.45) is 0. The standard InChI is InChI=1S/C8H8Cl2N2O/c1-4(12-13)5-2-8(11)7(10)3-6(5)9/h2-3,13H,11H2,1H3. The molecule has 0 bridgehead atoms. The first-order valence-corrected chi connectivity index (χ1v) is 4.25. The van der Waals surface area contributed by atoms with Gasteiger partial charge in [0.1, 0.15) is 0 Å². The van der Waals surface area contributed by atoms with Gasteiger partial charge >= 0.3 is 0 Å². The van der Waals surface area contributed by atoms with Crippen LogP contribution in [-0.2, 0) is 0 Å². The second kappa shape index (κ2) is 3.85. The third-order valence-corrected chi connectivity index (χ3v) is 2.27. The first-order valence-electron chi connectivity index (χ1n) is 3.49. The smallest absolute Gasteiger partial charge is 0.0852 e. The molecule has 5 heteroatoms. The normalized spacial score (nSPS) is 11.8. The van der Waals surface area contributed by atoms with Gasteiger partial charge in [-0.05, 0) is 19.1 Å². The molecule has 70 valence electrons. The van der Waals surface area contributed by atoms with Crippen LogP contribution in [0.25, 0.3) is 0 Å². The number of halogens is 2. The molecule has 0 fully saturated rings. The van der Waals surface area contributed by atoms with Crippen molar-refractivity contribution in [3.8, 4) is 0 Å². The van der Waals surface area contributed by atoms with Crippen LogP contribution in [0, 0.1) is 0 Å². The Morgan fingerprint density at radius 2 is 2.00 bits per heavy atom. The highest BCUT2D eigenvalue weighted by molar-refractivity contribution is 6.38. The van der Waals surface area contributed by atoms with E-state index >= 15 is 0 Å². The Labute approximate surface area is 85.8 Å². The van der Waals surface area contributed by atoms with E-state index in [4.69, 9.17) is 34.1 Å². The van der Waals surface area contributed by atoms with Crippen molar-refractivity contribution in [3.63, 3.8) is 0 Å². The van der Waals surface area contributed by atoms with Gasteiger partial charge in [0.05, 0.1) is 21.4 Å². The lowest BCUT2D eigenvalue weighted by Crippen LogP contribution is -1.98. The van der Waals surface area contributed by atoms with Crippen molar-refractivity contribution in [2.75, 3.05) is 5.73 Å². The van der Waals surface area contributed by atoms with Crippen molar-refractivity contribution in [1.29, 1.82) is 0 Å². The zero-order chi connectivity index (χ0) is 10.0. The van der Waals surface area contributed by atoms with Gasteiger partial charge in [0.15, 0.2) is 0 Å². The van der Waals surface area contributed by atoms with Gasteiger partial charge in [-0.3, -0.25) is 0 Å². The molecule has 0 radical (unpaired) electrons. The van der Waals surface area contributed by atoms with Crippen LogP contribution >= 0.6 is 23.2 Å². The highest BCUT2D eigenvalue weighted by Gasteiger charge is 2.07. The largest absolute Gasteiger partial charge is 0.411 e. The van der Waals surface area contributed by atoms with Gasteiger partial charge in [0.25, 0.3) is 0 Å². The van der Waals surface area contributed by atoms with Crippen molar-refractivity contribution < 1.29 is 5.21 Å². The van der Waals surface area contributed by atoms with Crippen LogP contribution in [-0.4, -0.2) is 10.9 Å². The van der Waals surface area contributed by atoms with E-state index in [2.05, 4.69) is 5.16 Å². The summed E-state index contributed by atoms with van der Waals surface area (Å²) in [4.78, 5) is 0. The minimum atomic E-state index is 0.388. The first-order chi connectivity index (χ1) is 6.06. The van der Waals surface area contributed by atoms with Gasteiger partial charge < -0.3 is 10.9 Å². The molecule has 1 rings (SSSR count). The number of nitrogens with zero attached hydrogens (tertiary/aromatic N) is 1. The van der Waals surface area contributed by atoms with Crippen molar-refractivity contribution >= 4 is 34.6 Å². The summed E-state index contributed by atoms with van der Waals surface area (Å²) in [5.74, 6) is 0. The third kappa shape index (κ3) is 2.05. The van der Waals surface area contributed by atoms with Crippen molar-refractivity contribution in [1.82, 2.24) is 0 Å². The maximum Gasteiger partial charge on any atom is 0.0852 e. The Balaban J connectivity index is 3.32. The summed E-state index contributed by atoms with van der Waals surface area (Å²) in [5.41, 5.74) is 6.93. The van der Waals surface area contributed by atoms with E-state index in [0.29, 0.717) is 27.0 Å². The minimum Gasteiger partial charge on any atom is -0.411 e. The molecule has 0 spiro atoms. The van der Waals surface area contributed by atoms with Crippen LogP contribution in [0.4, 0.5) is 5.69 Å². The number of hydrogen-bond acceptors (Lipinski definition) is 3. The van der Waals surface area contributed by atoms with Crippen LogP contribution in [0.3, 0.4) is 0 Å². The maximum atomic E-state index is 8.53. The highest BCUT2D eigenvalue weighted by Crippen LogP contribution is 2.27. The first kappa shape index (κ1) is 10.2. The maximum absolute atomic E-state index is 8.53. The molecule has 0 unspecified atom stereocenters. The molecular formula is C8H8Cl2N2O. The molecule has 13 heavy (non-hydrogen) atoms. The molecule has 0 aliphatic rings. The number of nitrogen functional groups attached to an aromatic ring is 1. The van der Waals surface area contributed by atoms with Gasteiger partial charge in [0.2, 0.25) is 0 Å². The topological polar surface area (TPSA) is 58.6 Å². The van der Waals surface area contributed by atoms with Crippen LogP contribution in [0.1, 0.15) is 12.5 Å². The molecule has 1 aromatic rings. The molecule has 0 amide bonds. The van der Waals surface area contributed by atoms with E-state index in [1.807, 2.05) is 0 Å². The lowest BCUT2D eigenvalue weighted by Gasteiger charge is -2.05. The van der Waals surface area contributed by atoms with Gasteiger partial charge in [-0.15, -0.1) is 0 Å². The number of nitrogens with two attached hydrogens (primary N) is 1. The fraction of sp³-hybridized carbons (Fsp3) is 0.125. The van der Waals surface area contributed by atoms with E-state index in [-0.39, 0.29) is 0 Å². The molecule has 1 aromatic carbocycles. The second-order valence-corrected chi connectivity index (χ2v) is 3.35. The number of oxime groups is 1. The van der Waals surface area contributed by atoms with Crippen molar-refractivity contribution in [3.05, 3.63) is 27.7 Å². The summed E-state index contributed by atoms with van der Waals surface area (Å²) in [5, 5.41) is 12.4. The molecule has 0 saturated carbocycles. The molecule has 3 nitrogen and oxygen atoms in total. The zero-order valence-corrected chi connectivity index (χ0v) is 8.39. The van der Waals surface area contributed by atoms with Crippen LogP contribution in [0.5, 0.6) is 0 Å². The summed E-state index contributed by atoms with van der Waals surface area (Å²) in [6, 6.07) is 3.09. The van der Waals surface area contributed by atoms with Crippen LogP contribution in [0.2, 0.25) is 10.0 Å². The molecular weight excluding hydrogens is 211 g/mol. The SMILES string of the molecule is CC(=NO)c1cc(N)c(Cl)cc1Cl. The summed E-state index contributed by atoms with van der Waals surface area (Å²) in [6.45, 7) is 1.62.